The lowest BCUT2D eigenvalue weighted by Gasteiger charge is -2.12. The first-order valence-electron chi connectivity index (χ1n) is 4.62. The van der Waals surface area contributed by atoms with E-state index in [1.807, 2.05) is 6.07 Å². The molecule has 0 amide bonds. The predicted molar refractivity (Wildman–Crippen MR) is 53.5 cm³/mol. The Bertz CT molecular complexity index is 320. The van der Waals surface area contributed by atoms with Crippen molar-refractivity contribution in [3.63, 3.8) is 0 Å². The van der Waals surface area contributed by atoms with Gasteiger partial charge >= 0.3 is 0 Å². The van der Waals surface area contributed by atoms with Gasteiger partial charge in [-0.3, -0.25) is 0 Å². The van der Waals surface area contributed by atoms with Gasteiger partial charge in [-0.15, -0.1) is 0 Å². The fraction of sp³-hybridized carbons (Fsp3) is 0.333. The molecular formula is C12H14O. The minimum absolute atomic E-state index is 0.0873. The van der Waals surface area contributed by atoms with Crippen LogP contribution >= 0.6 is 0 Å². The van der Waals surface area contributed by atoms with Gasteiger partial charge in [-0.1, -0.05) is 36.4 Å². The fourth-order valence-electron chi connectivity index (χ4n) is 1.63. The highest BCUT2D eigenvalue weighted by molar-refractivity contribution is 5.36. The molecule has 0 N–H and O–H groups in total. The Morgan fingerprint density at radius 3 is 2.46 bits per heavy atom. The van der Waals surface area contributed by atoms with E-state index in [0.717, 1.165) is 6.61 Å². The Kier molecular flexibility index (Phi) is 1.97. The third-order valence-corrected chi connectivity index (χ3v) is 2.74. The summed E-state index contributed by atoms with van der Waals surface area (Å²) in [5.74, 6) is 0. The van der Waals surface area contributed by atoms with Gasteiger partial charge in [0.25, 0.3) is 0 Å². The van der Waals surface area contributed by atoms with E-state index in [9.17, 15) is 0 Å². The Hall–Kier alpha value is -1.08. The first-order valence-corrected chi connectivity index (χ1v) is 4.62. The number of rotatable bonds is 2. The molecule has 1 unspecified atom stereocenters. The van der Waals surface area contributed by atoms with Crippen LogP contribution in [0.3, 0.4) is 0 Å². The normalized spacial score (nSPS) is 27.4. The fourth-order valence-corrected chi connectivity index (χ4v) is 1.63. The Balaban J connectivity index is 2.37. The number of hydrogen-bond acceptors (Lipinski definition) is 1. The molecule has 1 aliphatic heterocycles. The van der Waals surface area contributed by atoms with Gasteiger partial charge in [0.1, 0.15) is 5.60 Å². The maximum absolute atomic E-state index is 5.57. The van der Waals surface area contributed by atoms with Crippen LogP contribution in [0.2, 0.25) is 0 Å². The highest BCUT2D eigenvalue weighted by atomic mass is 16.6. The van der Waals surface area contributed by atoms with Crippen LogP contribution in [0.1, 0.15) is 19.4 Å². The molecule has 0 radical (unpaired) electrons. The zero-order chi connectivity index (χ0) is 9.31. The molecule has 13 heavy (non-hydrogen) atoms. The van der Waals surface area contributed by atoms with E-state index in [0.29, 0.717) is 0 Å². The first-order chi connectivity index (χ1) is 6.29. The monoisotopic (exact) mass is 174 g/mol. The maximum Gasteiger partial charge on any atom is 0.137 e. The number of hydrogen-bond donors (Lipinski definition) is 0. The van der Waals surface area contributed by atoms with Gasteiger partial charge < -0.3 is 4.74 Å². The Labute approximate surface area is 79.0 Å². The summed E-state index contributed by atoms with van der Waals surface area (Å²) >= 11 is 0. The second kappa shape index (κ2) is 3.00. The van der Waals surface area contributed by atoms with Crippen molar-refractivity contribution in [3.05, 3.63) is 47.5 Å². The zero-order valence-electron chi connectivity index (χ0n) is 8.08. The van der Waals surface area contributed by atoms with Crippen LogP contribution in [0.5, 0.6) is 0 Å². The molecule has 1 aromatic rings. The minimum Gasteiger partial charge on any atom is -0.360 e. The highest BCUT2D eigenvalue weighted by Crippen LogP contribution is 2.44. The lowest BCUT2D eigenvalue weighted by Crippen LogP contribution is -2.09. The third kappa shape index (κ3) is 1.29. The Morgan fingerprint density at radius 1 is 1.38 bits per heavy atom. The average molecular weight is 174 g/mol. The molecule has 68 valence electrons. The molecule has 1 heterocycles. The first kappa shape index (κ1) is 8.52. The van der Waals surface area contributed by atoms with Crippen molar-refractivity contribution < 1.29 is 4.74 Å². The van der Waals surface area contributed by atoms with Gasteiger partial charge in [-0.25, -0.2) is 0 Å². The number of epoxide rings is 1. The van der Waals surface area contributed by atoms with Crippen LogP contribution in [0.4, 0.5) is 0 Å². The number of ether oxygens (including phenoxy) is 1. The average Bonchev–Trinajstić information content (AvgIpc) is 2.99. The van der Waals surface area contributed by atoms with Crippen LogP contribution in [-0.4, -0.2) is 6.61 Å². The molecule has 0 aromatic heterocycles. The van der Waals surface area contributed by atoms with Gasteiger partial charge in [0.15, 0.2) is 0 Å². The van der Waals surface area contributed by atoms with E-state index in [1.165, 1.54) is 11.1 Å². The summed E-state index contributed by atoms with van der Waals surface area (Å²) in [4.78, 5) is 0. The van der Waals surface area contributed by atoms with Gasteiger partial charge in [0.2, 0.25) is 0 Å². The molecule has 0 bridgehead atoms. The summed E-state index contributed by atoms with van der Waals surface area (Å²) in [5.41, 5.74) is 2.49. The number of benzene rings is 1. The largest absolute Gasteiger partial charge is 0.360 e. The van der Waals surface area contributed by atoms with E-state index in [2.05, 4.69) is 44.2 Å². The Morgan fingerprint density at radius 2 is 2.00 bits per heavy atom. The van der Waals surface area contributed by atoms with Crippen LogP contribution in [0.25, 0.3) is 0 Å². The SMILES string of the molecule is C/C=C(\C)C1(c2ccccc2)CO1. The van der Waals surface area contributed by atoms with Crippen LogP contribution < -0.4 is 0 Å². The lowest BCUT2D eigenvalue weighted by molar-refractivity contribution is 0.344. The molecule has 1 aliphatic rings. The van der Waals surface area contributed by atoms with Crippen molar-refractivity contribution in [2.75, 3.05) is 6.61 Å². The van der Waals surface area contributed by atoms with Crippen LogP contribution in [0, 0.1) is 0 Å². The molecule has 0 spiro atoms. The predicted octanol–water partition coefficient (Wildman–Crippen LogP) is 2.88. The second-order valence-electron chi connectivity index (χ2n) is 3.45. The summed E-state index contributed by atoms with van der Waals surface area (Å²) in [5, 5.41) is 0. The molecule has 0 saturated carbocycles. The summed E-state index contributed by atoms with van der Waals surface area (Å²) in [6.07, 6.45) is 2.12. The van der Waals surface area contributed by atoms with Crippen molar-refractivity contribution >= 4 is 0 Å². The van der Waals surface area contributed by atoms with Crippen molar-refractivity contribution in [2.45, 2.75) is 19.4 Å². The van der Waals surface area contributed by atoms with Crippen molar-refractivity contribution in [2.24, 2.45) is 0 Å². The van der Waals surface area contributed by atoms with Gasteiger partial charge in [-0.05, 0) is 25.0 Å². The standard InChI is InChI=1S/C12H14O/c1-3-10(2)12(9-13-12)11-7-5-4-6-8-11/h3-8H,9H2,1-2H3/b10-3+. The van der Waals surface area contributed by atoms with Gasteiger partial charge in [0, 0.05) is 0 Å². The molecule has 1 saturated heterocycles. The molecule has 2 rings (SSSR count). The summed E-state index contributed by atoms with van der Waals surface area (Å²) < 4.78 is 5.57. The molecule has 1 aromatic carbocycles. The zero-order valence-corrected chi connectivity index (χ0v) is 8.08. The minimum atomic E-state index is -0.0873. The van der Waals surface area contributed by atoms with E-state index in [1.54, 1.807) is 0 Å². The van der Waals surface area contributed by atoms with Crippen molar-refractivity contribution in [1.29, 1.82) is 0 Å². The van der Waals surface area contributed by atoms with Gasteiger partial charge in [0.05, 0.1) is 6.61 Å². The van der Waals surface area contributed by atoms with Crippen LogP contribution in [0.15, 0.2) is 42.0 Å². The maximum atomic E-state index is 5.57. The van der Waals surface area contributed by atoms with Crippen LogP contribution in [-0.2, 0) is 10.3 Å². The summed E-state index contributed by atoms with van der Waals surface area (Å²) in [6, 6.07) is 10.4. The smallest absolute Gasteiger partial charge is 0.137 e. The third-order valence-electron chi connectivity index (χ3n) is 2.74. The topological polar surface area (TPSA) is 12.5 Å². The van der Waals surface area contributed by atoms with E-state index < -0.39 is 0 Å². The highest BCUT2D eigenvalue weighted by Gasteiger charge is 2.47. The quantitative estimate of drug-likeness (QED) is 0.496. The summed E-state index contributed by atoms with van der Waals surface area (Å²) in [6.45, 7) is 5.01. The molecule has 1 atom stereocenters. The molecular weight excluding hydrogens is 160 g/mol. The summed E-state index contributed by atoms with van der Waals surface area (Å²) in [7, 11) is 0. The van der Waals surface area contributed by atoms with Crippen molar-refractivity contribution in [3.8, 4) is 0 Å². The van der Waals surface area contributed by atoms with E-state index >= 15 is 0 Å². The van der Waals surface area contributed by atoms with E-state index in [4.69, 9.17) is 4.74 Å². The second-order valence-corrected chi connectivity index (χ2v) is 3.45. The molecule has 0 aliphatic carbocycles. The molecule has 1 heteroatoms. The van der Waals surface area contributed by atoms with Gasteiger partial charge in [-0.2, -0.15) is 0 Å². The molecule has 1 nitrogen and oxygen atoms in total. The van der Waals surface area contributed by atoms with Crippen molar-refractivity contribution in [1.82, 2.24) is 0 Å². The molecule has 1 fully saturated rings. The number of allylic oxidation sites excluding steroid dienone is 1. The van der Waals surface area contributed by atoms with E-state index in [-0.39, 0.29) is 5.60 Å². The lowest BCUT2D eigenvalue weighted by atomic mass is 9.92.